The van der Waals surface area contributed by atoms with Crippen molar-refractivity contribution in [3.63, 3.8) is 0 Å². The van der Waals surface area contributed by atoms with E-state index in [-0.39, 0.29) is 5.92 Å². The molecule has 1 fully saturated rings. The Kier molecular flexibility index (Phi) is 6.52. The van der Waals surface area contributed by atoms with Crippen LogP contribution in [0.5, 0.6) is 5.75 Å². The van der Waals surface area contributed by atoms with Crippen LogP contribution in [0.4, 0.5) is 0 Å². The molecule has 0 amide bonds. The normalized spacial score (nSPS) is 16.8. The summed E-state index contributed by atoms with van der Waals surface area (Å²) in [7, 11) is 1.70. The maximum atomic E-state index is 11.1. The van der Waals surface area contributed by atoms with Crippen molar-refractivity contribution in [1.82, 2.24) is 0 Å². The first-order valence-electron chi connectivity index (χ1n) is 9.51. The molecule has 133 valence electrons. The van der Waals surface area contributed by atoms with Crippen LogP contribution in [0.3, 0.4) is 0 Å². The third-order valence-corrected chi connectivity index (χ3v) is 5.44. The van der Waals surface area contributed by atoms with Gasteiger partial charge in [-0.15, -0.1) is 0 Å². The van der Waals surface area contributed by atoms with Crippen LogP contribution in [0.2, 0.25) is 0 Å². The SMILES string of the molecule is COc1cccc(CCC([C](O)C2CCCCC2)c2ccccc2)c1. The lowest BCUT2D eigenvalue weighted by Gasteiger charge is -2.32. The fourth-order valence-electron chi connectivity index (χ4n) is 3.99. The van der Waals surface area contributed by atoms with Crippen LogP contribution in [0.15, 0.2) is 54.6 Å². The summed E-state index contributed by atoms with van der Waals surface area (Å²) in [6.45, 7) is 0. The Morgan fingerprint density at radius 3 is 2.52 bits per heavy atom. The molecule has 1 N–H and O–H groups in total. The number of benzene rings is 2. The van der Waals surface area contributed by atoms with Crippen LogP contribution in [-0.2, 0) is 6.42 Å². The molecule has 3 rings (SSSR count). The van der Waals surface area contributed by atoms with Gasteiger partial charge in [0.15, 0.2) is 0 Å². The molecule has 0 heterocycles. The Labute approximate surface area is 151 Å². The van der Waals surface area contributed by atoms with Crippen LogP contribution in [-0.4, -0.2) is 12.2 Å². The van der Waals surface area contributed by atoms with Gasteiger partial charge in [-0.05, 0) is 54.9 Å². The molecule has 2 heteroatoms. The van der Waals surface area contributed by atoms with Crippen LogP contribution >= 0.6 is 0 Å². The van der Waals surface area contributed by atoms with Crippen molar-refractivity contribution < 1.29 is 9.84 Å². The quantitative estimate of drug-likeness (QED) is 0.682. The Hall–Kier alpha value is -1.80. The molecule has 2 nitrogen and oxygen atoms in total. The average Bonchev–Trinajstić information content (AvgIpc) is 2.69. The number of rotatable bonds is 7. The molecule has 0 saturated heterocycles. The summed E-state index contributed by atoms with van der Waals surface area (Å²) in [6.07, 6.45) is 8.63. The molecule has 25 heavy (non-hydrogen) atoms. The zero-order valence-electron chi connectivity index (χ0n) is 15.2. The van der Waals surface area contributed by atoms with E-state index in [2.05, 4.69) is 36.4 Å². The summed E-state index contributed by atoms with van der Waals surface area (Å²) >= 11 is 0. The summed E-state index contributed by atoms with van der Waals surface area (Å²) < 4.78 is 5.33. The molecule has 1 unspecified atom stereocenters. The molecule has 1 radical (unpaired) electrons. The molecule has 1 saturated carbocycles. The van der Waals surface area contributed by atoms with Crippen molar-refractivity contribution >= 4 is 0 Å². The predicted molar refractivity (Wildman–Crippen MR) is 102 cm³/mol. The minimum absolute atomic E-state index is 0.121. The lowest BCUT2D eigenvalue weighted by atomic mass is 9.76. The van der Waals surface area contributed by atoms with E-state index >= 15 is 0 Å². The van der Waals surface area contributed by atoms with Crippen molar-refractivity contribution in [3.8, 4) is 5.75 Å². The van der Waals surface area contributed by atoms with Gasteiger partial charge in [-0.25, -0.2) is 0 Å². The number of hydrogen-bond donors (Lipinski definition) is 1. The average molecular weight is 337 g/mol. The standard InChI is InChI=1S/C23H29O2/c1-25-21-14-8-9-18(17-21)15-16-22(19-10-4-2-5-11-19)23(24)20-12-6-3-7-13-20/h2,4-5,8-11,14,17,20,22,24H,3,6-7,12-13,15-16H2,1H3. The molecule has 2 aromatic rings. The van der Waals surface area contributed by atoms with E-state index in [4.69, 9.17) is 4.74 Å². The van der Waals surface area contributed by atoms with Gasteiger partial charge < -0.3 is 9.84 Å². The van der Waals surface area contributed by atoms with Gasteiger partial charge in [0.2, 0.25) is 0 Å². The lowest BCUT2D eigenvalue weighted by Crippen LogP contribution is -2.22. The number of methoxy groups -OCH3 is 1. The van der Waals surface area contributed by atoms with Crippen molar-refractivity contribution in [2.24, 2.45) is 5.92 Å². The van der Waals surface area contributed by atoms with E-state index < -0.39 is 0 Å². The van der Waals surface area contributed by atoms with Gasteiger partial charge in [0.05, 0.1) is 7.11 Å². The highest BCUT2D eigenvalue weighted by molar-refractivity contribution is 5.30. The maximum absolute atomic E-state index is 11.1. The fraction of sp³-hybridized carbons (Fsp3) is 0.435. The molecule has 1 aliphatic rings. The first kappa shape index (κ1) is 18.0. The number of ether oxygens (including phenoxy) is 1. The van der Waals surface area contributed by atoms with Gasteiger partial charge in [0.1, 0.15) is 11.9 Å². The van der Waals surface area contributed by atoms with E-state index in [1.807, 2.05) is 18.2 Å². The Morgan fingerprint density at radius 2 is 1.80 bits per heavy atom. The summed E-state index contributed by atoms with van der Waals surface area (Å²) in [6, 6.07) is 18.7. The van der Waals surface area contributed by atoms with Crippen LogP contribution in [0, 0.1) is 12.0 Å². The van der Waals surface area contributed by atoms with Gasteiger partial charge in [0.25, 0.3) is 0 Å². The fourth-order valence-corrected chi connectivity index (χ4v) is 3.99. The second-order valence-corrected chi connectivity index (χ2v) is 7.11. The second-order valence-electron chi connectivity index (χ2n) is 7.11. The first-order chi connectivity index (χ1) is 12.3. The monoisotopic (exact) mass is 337 g/mol. The molecule has 1 aliphatic carbocycles. The topological polar surface area (TPSA) is 29.5 Å². The minimum Gasteiger partial charge on any atom is -0.497 e. The van der Waals surface area contributed by atoms with Gasteiger partial charge in [-0.3, -0.25) is 0 Å². The van der Waals surface area contributed by atoms with Crippen LogP contribution < -0.4 is 4.74 Å². The molecule has 0 spiro atoms. The molecule has 0 aromatic heterocycles. The number of aliphatic hydroxyl groups excluding tert-OH is 1. The van der Waals surface area contributed by atoms with E-state index in [0.717, 1.165) is 31.4 Å². The van der Waals surface area contributed by atoms with Crippen molar-refractivity contribution in [2.45, 2.75) is 50.9 Å². The first-order valence-corrected chi connectivity index (χ1v) is 9.51. The van der Waals surface area contributed by atoms with Crippen molar-refractivity contribution in [3.05, 3.63) is 71.8 Å². The van der Waals surface area contributed by atoms with Gasteiger partial charge in [-0.2, -0.15) is 0 Å². The molecular weight excluding hydrogens is 308 g/mol. The third kappa shape index (κ3) is 4.85. The molecule has 0 bridgehead atoms. The number of aryl methyl sites for hydroxylation is 1. The van der Waals surface area contributed by atoms with Crippen molar-refractivity contribution in [2.75, 3.05) is 7.11 Å². The second kappa shape index (κ2) is 9.05. The van der Waals surface area contributed by atoms with E-state index in [9.17, 15) is 5.11 Å². The largest absolute Gasteiger partial charge is 0.497 e. The summed E-state index contributed by atoms with van der Waals surface area (Å²) in [5, 5.41) is 11.1. The minimum atomic E-state index is 0.121. The zero-order chi connectivity index (χ0) is 17.5. The molecule has 2 aromatic carbocycles. The predicted octanol–water partition coefficient (Wildman–Crippen LogP) is 5.90. The molecule has 0 aliphatic heterocycles. The highest BCUT2D eigenvalue weighted by atomic mass is 16.5. The van der Waals surface area contributed by atoms with E-state index in [0.29, 0.717) is 12.0 Å². The highest BCUT2D eigenvalue weighted by Gasteiger charge is 2.30. The maximum Gasteiger partial charge on any atom is 0.119 e. The number of aliphatic hydroxyl groups is 1. The van der Waals surface area contributed by atoms with Crippen molar-refractivity contribution in [1.29, 1.82) is 0 Å². The van der Waals surface area contributed by atoms with Gasteiger partial charge in [0, 0.05) is 5.92 Å². The third-order valence-electron chi connectivity index (χ3n) is 5.44. The van der Waals surface area contributed by atoms with Gasteiger partial charge in [-0.1, -0.05) is 61.7 Å². The van der Waals surface area contributed by atoms with Crippen LogP contribution in [0.1, 0.15) is 55.6 Å². The number of hydrogen-bond acceptors (Lipinski definition) is 2. The summed E-state index contributed by atoms with van der Waals surface area (Å²) in [4.78, 5) is 0. The highest BCUT2D eigenvalue weighted by Crippen LogP contribution is 2.40. The van der Waals surface area contributed by atoms with Gasteiger partial charge >= 0.3 is 0 Å². The lowest BCUT2D eigenvalue weighted by molar-refractivity contribution is 0.160. The Balaban J connectivity index is 1.74. The Morgan fingerprint density at radius 1 is 1.04 bits per heavy atom. The van der Waals surface area contributed by atoms with Crippen LogP contribution in [0.25, 0.3) is 0 Å². The molecule has 1 atom stereocenters. The smallest absolute Gasteiger partial charge is 0.119 e. The molecular formula is C23H29O2. The Bertz CT molecular complexity index is 632. The summed E-state index contributed by atoms with van der Waals surface area (Å²) in [5.41, 5.74) is 2.49. The summed E-state index contributed by atoms with van der Waals surface area (Å²) in [5.74, 6) is 1.38. The zero-order valence-corrected chi connectivity index (χ0v) is 15.2. The van der Waals surface area contributed by atoms with E-state index in [1.54, 1.807) is 7.11 Å². The van der Waals surface area contributed by atoms with E-state index in [1.165, 1.54) is 30.4 Å².